The summed E-state index contributed by atoms with van der Waals surface area (Å²) in [7, 11) is 0. The van der Waals surface area contributed by atoms with Gasteiger partial charge in [-0.15, -0.1) is 0 Å². The summed E-state index contributed by atoms with van der Waals surface area (Å²) in [5.74, 6) is 0. The molecule has 0 atom stereocenters. The lowest BCUT2D eigenvalue weighted by molar-refractivity contribution is 0.669. The number of hydrogen-bond acceptors (Lipinski definition) is 1. The van der Waals surface area contributed by atoms with E-state index < -0.39 is 0 Å². The van der Waals surface area contributed by atoms with Crippen LogP contribution in [0.25, 0.3) is 33.1 Å². The highest BCUT2D eigenvalue weighted by atomic mass is 79.9. The van der Waals surface area contributed by atoms with E-state index in [-0.39, 0.29) is 0 Å². The highest BCUT2D eigenvalue weighted by Crippen LogP contribution is 2.32. The zero-order valence-electron chi connectivity index (χ0n) is 10.6. The Labute approximate surface area is 125 Å². The summed E-state index contributed by atoms with van der Waals surface area (Å²) in [6.07, 6.45) is 0. The van der Waals surface area contributed by atoms with E-state index in [4.69, 9.17) is 4.42 Å². The first-order chi connectivity index (χ1) is 9.81. The van der Waals surface area contributed by atoms with Gasteiger partial charge < -0.3 is 4.42 Å². The molecule has 0 aliphatic heterocycles. The van der Waals surface area contributed by atoms with Crippen LogP contribution in [0.15, 0.2) is 75.6 Å². The van der Waals surface area contributed by atoms with E-state index in [9.17, 15) is 0 Å². The SMILES string of the molecule is Brc1ccc(-c2ccc3c(c2)oc2ccccc23)cc1. The Hall–Kier alpha value is -2.06. The third kappa shape index (κ3) is 1.84. The normalized spacial score (nSPS) is 11.2. The molecule has 3 aromatic carbocycles. The first kappa shape index (κ1) is 11.7. The second-order valence-corrected chi connectivity index (χ2v) is 5.73. The van der Waals surface area contributed by atoms with Gasteiger partial charge in [-0.3, -0.25) is 0 Å². The first-order valence-corrected chi connectivity index (χ1v) is 7.28. The summed E-state index contributed by atoms with van der Waals surface area (Å²) in [4.78, 5) is 0. The van der Waals surface area contributed by atoms with Crippen LogP contribution in [0.3, 0.4) is 0 Å². The fourth-order valence-corrected chi connectivity index (χ4v) is 2.81. The lowest BCUT2D eigenvalue weighted by atomic mass is 10.0. The summed E-state index contributed by atoms with van der Waals surface area (Å²) >= 11 is 3.46. The van der Waals surface area contributed by atoms with Crippen LogP contribution in [-0.2, 0) is 0 Å². The fourth-order valence-electron chi connectivity index (χ4n) is 2.55. The molecule has 0 unspecified atom stereocenters. The number of hydrogen-bond donors (Lipinski definition) is 0. The Morgan fingerprint density at radius 2 is 1.35 bits per heavy atom. The van der Waals surface area contributed by atoms with Crippen LogP contribution in [0, 0.1) is 0 Å². The molecule has 20 heavy (non-hydrogen) atoms. The molecular weight excluding hydrogens is 312 g/mol. The number of rotatable bonds is 1. The maximum Gasteiger partial charge on any atom is 0.136 e. The largest absolute Gasteiger partial charge is 0.456 e. The average Bonchev–Trinajstić information content (AvgIpc) is 2.85. The molecule has 0 fully saturated rings. The minimum absolute atomic E-state index is 0.937. The molecule has 2 heteroatoms. The number of benzene rings is 3. The van der Waals surface area contributed by atoms with Gasteiger partial charge >= 0.3 is 0 Å². The molecule has 1 nitrogen and oxygen atoms in total. The Kier molecular flexibility index (Phi) is 2.64. The maximum atomic E-state index is 5.93. The molecule has 4 rings (SSSR count). The first-order valence-electron chi connectivity index (χ1n) is 6.48. The molecule has 0 radical (unpaired) electrons. The van der Waals surface area contributed by atoms with E-state index in [1.165, 1.54) is 21.9 Å². The van der Waals surface area contributed by atoms with Crippen molar-refractivity contribution in [2.24, 2.45) is 0 Å². The zero-order valence-corrected chi connectivity index (χ0v) is 12.2. The Balaban J connectivity index is 1.94. The summed E-state index contributed by atoms with van der Waals surface area (Å²) in [6.45, 7) is 0. The lowest BCUT2D eigenvalue weighted by Gasteiger charge is -2.01. The van der Waals surface area contributed by atoms with Crippen molar-refractivity contribution < 1.29 is 4.42 Å². The van der Waals surface area contributed by atoms with Gasteiger partial charge in [0.1, 0.15) is 11.2 Å². The third-order valence-electron chi connectivity index (χ3n) is 3.56. The van der Waals surface area contributed by atoms with Gasteiger partial charge in [-0.25, -0.2) is 0 Å². The molecule has 0 amide bonds. The van der Waals surface area contributed by atoms with Crippen molar-refractivity contribution in [1.82, 2.24) is 0 Å². The number of para-hydroxylation sites is 1. The molecule has 0 N–H and O–H groups in total. The highest BCUT2D eigenvalue weighted by Gasteiger charge is 2.07. The van der Waals surface area contributed by atoms with Crippen LogP contribution in [0.1, 0.15) is 0 Å². The minimum Gasteiger partial charge on any atom is -0.456 e. The fraction of sp³-hybridized carbons (Fsp3) is 0. The van der Waals surface area contributed by atoms with Gasteiger partial charge in [0.05, 0.1) is 0 Å². The van der Waals surface area contributed by atoms with Gasteiger partial charge in [0.25, 0.3) is 0 Å². The minimum atomic E-state index is 0.937. The predicted octanol–water partition coefficient (Wildman–Crippen LogP) is 6.02. The van der Waals surface area contributed by atoms with Crippen molar-refractivity contribution in [3.05, 3.63) is 71.2 Å². The summed E-state index contributed by atoms with van der Waals surface area (Å²) in [6, 6.07) is 22.9. The van der Waals surface area contributed by atoms with Crippen LogP contribution >= 0.6 is 15.9 Å². The van der Waals surface area contributed by atoms with Gasteiger partial charge in [-0.2, -0.15) is 0 Å². The summed E-state index contributed by atoms with van der Waals surface area (Å²) in [5, 5.41) is 2.34. The molecule has 0 bridgehead atoms. The van der Waals surface area contributed by atoms with E-state index in [2.05, 4.69) is 64.5 Å². The summed E-state index contributed by atoms with van der Waals surface area (Å²) in [5.41, 5.74) is 4.24. The Morgan fingerprint density at radius 3 is 2.20 bits per heavy atom. The van der Waals surface area contributed by atoms with Crippen molar-refractivity contribution in [3.63, 3.8) is 0 Å². The number of furan rings is 1. The molecule has 0 spiro atoms. The van der Waals surface area contributed by atoms with Gasteiger partial charge in [-0.05, 0) is 41.5 Å². The van der Waals surface area contributed by atoms with Crippen molar-refractivity contribution in [1.29, 1.82) is 0 Å². The topological polar surface area (TPSA) is 13.1 Å². The Bertz CT molecular complexity index is 904. The molecule has 0 aliphatic rings. The van der Waals surface area contributed by atoms with Crippen molar-refractivity contribution in [2.45, 2.75) is 0 Å². The number of halogens is 1. The standard InChI is InChI=1S/C18H11BrO/c19-14-8-5-12(6-9-14)13-7-10-16-15-3-1-2-4-17(15)20-18(16)11-13/h1-11H. The molecule has 96 valence electrons. The average molecular weight is 323 g/mol. The molecular formula is C18H11BrO. The quantitative estimate of drug-likeness (QED) is 0.418. The van der Waals surface area contributed by atoms with E-state index in [1.54, 1.807) is 0 Å². The molecule has 0 saturated heterocycles. The number of fused-ring (bicyclic) bond motifs is 3. The Morgan fingerprint density at radius 1 is 0.650 bits per heavy atom. The predicted molar refractivity (Wildman–Crippen MR) is 86.9 cm³/mol. The van der Waals surface area contributed by atoms with E-state index in [0.717, 1.165) is 15.6 Å². The third-order valence-corrected chi connectivity index (χ3v) is 4.08. The molecule has 0 aliphatic carbocycles. The second kappa shape index (κ2) is 4.50. The van der Waals surface area contributed by atoms with Gasteiger partial charge in [-0.1, -0.05) is 52.3 Å². The van der Waals surface area contributed by atoms with Gasteiger partial charge in [0.2, 0.25) is 0 Å². The van der Waals surface area contributed by atoms with Gasteiger partial charge in [0.15, 0.2) is 0 Å². The smallest absolute Gasteiger partial charge is 0.136 e. The van der Waals surface area contributed by atoms with E-state index in [1.807, 2.05) is 18.2 Å². The highest BCUT2D eigenvalue weighted by molar-refractivity contribution is 9.10. The maximum absolute atomic E-state index is 5.93. The van der Waals surface area contributed by atoms with Crippen LogP contribution < -0.4 is 0 Å². The molecule has 0 saturated carbocycles. The monoisotopic (exact) mass is 322 g/mol. The zero-order chi connectivity index (χ0) is 13.5. The molecule has 1 aromatic heterocycles. The van der Waals surface area contributed by atoms with Crippen LogP contribution in [0.4, 0.5) is 0 Å². The van der Waals surface area contributed by atoms with Crippen LogP contribution in [-0.4, -0.2) is 0 Å². The molecule has 1 heterocycles. The van der Waals surface area contributed by atoms with Gasteiger partial charge in [0, 0.05) is 15.2 Å². The van der Waals surface area contributed by atoms with E-state index in [0.29, 0.717) is 0 Å². The van der Waals surface area contributed by atoms with Crippen molar-refractivity contribution >= 4 is 37.9 Å². The van der Waals surface area contributed by atoms with Crippen LogP contribution in [0.2, 0.25) is 0 Å². The van der Waals surface area contributed by atoms with E-state index >= 15 is 0 Å². The van der Waals surface area contributed by atoms with Crippen molar-refractivity contribution in [3.8, 4) is 11.1 Å². The summed E-state index contributed by atoms with van der Waals surface area (Å²) < 4.78 is 7.02. The van der Waals surface area contributed by atoms with Crippen LogP contribution in [0.5, 0.6) is 0 Å². The second-order valence-electron chi connectivity index (χ2n) is 4.82. The molecule has 4 aromatic rings. The lowest BCUT2D eigenvalue weighted by Crippen LogP contribution is -1.77. The van der Waals surface area contributed by atoms with Crippen molar-refractivity contribution in [2.75, 3.05) is 0 Å².